The number of nitrogens with one attached hydrogen (secondary N) is 1. The van der Waals surface area contributed by atoms with Crippen molar-refractivity contribution in [3.05, 3.63) is 59.7 Å². The van der Waals surface area contributed by atoms with Gasteiger partial charge in [-0.3, -0.25) is 0 Å². The van der Waals surface area contributed by atoms with Crippen molar-refractivity contribution in [2.75, 3.05) is 26.2 Å². The van der Waals surface area contributed by atoms with Crippen molar-refractivity contribution < 1.29 is 8.42 Å². The Kier molecular flexibility index (Phi) is 7.81. The summed E-state index contributed by atoms with van der Waals surface area (Å²) in [4.78, 5) is 7.15. The summed E-state index contributed by atoms with van der Waals surface area (Å²) in [5.74, 6) is 0.650. The molecule has 0 bridgehead atoms. The first kappa shape index (κ1) is 21.9. The maximum atomic E-state index is 12.8. The van der Waals surface area contributed by atoms with Crippen LogP contribution in [0.4, 0.5) is 0 Å². The Bertz CT molecular complexity index is 829. The highest BCUT2D eigenvalue weighted by molar-refractivity contribution is 7.95. The first-order valence-electron chi connectivity index (χ1n) is 10.6. The first-order chi connectivity index (χ1) is 14.0. The molecule has 0 spiro atoms. The van der Waals surface area contributed by atoms with Crippen molar-refractivity contribution in [2.24, 2.45) is 5.92 Å². The second kappa shape index (κ2) is 10.3. The van der Waals surface area contributed by atoms with Crippen LogP contribution in [0.5, 0.6) is 0 Å². The molecule has 2 aliphatic heterocycles. The Hall–Kier alpha value is -1.76. The summed E-state index contributed by atoms with van der Waals surface area (Å²) < 4.78 is 25.5. The van der Waals surface area contributed by atoms with Gasteiger partial charge < -0.3 is 10.2 Å². The second-order valence-electron chi connectivity index (χ2n) is 7.98. The van der Waals surface area contributed by atoms with Gasteiger partial charge in [0, 0.05) is 12.2 Å². The van der Waals surface area contributed by atoms with Crippen LogP contribution in [-0.4, -0.2) is 50.5 Å². The number of hydrogen-bond donors (Lipinski definition) is 1. The molecule has 1 N–H and O–H groups in total. The Morgan fingerprint density at radius 2 is 1.97 bits per heavy atom. The minimum absolute atomic E-state index is 0.0909. The summed E-state index contributed by atoms with van der Waals surface area (Å²) in [5, 5.41) is 3.53. The molecule has 0 amide bonds. The molecule has 0 saturated carbocycles. The molecule has 1 aromatic heterocycles. The standard InChI is InChI=1S/C23H33N3O2S/c1-3-5-22(6-4-2)29(27,28)23-8-7-20(18-25-23)17-19-11-15-26(16-12-19)21-9-13-24-14-10-21/h3-8,18-19,21,24H,1,9-17H2,2H3/b6-4-,22-5+. The molecule has 6 heteroatoms. The number of allylic oxidation sites excluding steroid dienone is 4. The molecule has 2 fully saturated rings. The number of pyridine rings is 1. The fraction of sp³-hybridized carbons (Fsp3) is 0.522. The minimum atomic E-state index is -3.61. The van der Waals surface area contributed by atoms with E-state index in [1.165, 1.54) is 50.9 Å². The smallest absolute Gasteiger partial charge is 0.223 e. The molecule has 2 aliphatic rings. The van der Waals surface area contributed by atoms with E-state index in [1.54, 1.807) is 31.3 Å². The van der Waals surface area contributed by atoms with E-state index in [1.807, 2.05) is 6.07 Å². The summed E-state index contributed by atoms with van der Waals surface area (Å²) >= 11 is 0. The highest BCUT2D eigenvalue weighted by atomic mass is 32.2. The lowest BCUT2D eigenvalue weighted by Gasteiger charge is -2.39. The number of likely N-dealkylation sites (tertiary alicyclic amines) is 1. The summed E-state index contributed by atoms with van der Waals surface area (Å²) in [6.45, 7) is 10.0. The van der Waals surface area contributed by atoms with Gasteiger partial charge in [-0.15, -0.1) is 0 Å². The lowest BCUT2D eigenvalue weighted by molar-refractivity contribution is 0.111. The zero-order valence-electron chi connectivity index (χ0n) is 17.4. The number of rotatable bonds is 7. The van der Waals surface area contributed by atoms with E-state index in [2.05, 4.69) is 21.8 Å². The lowest BCUT2D eigenvalue weighted by atomic mass is 9.89. The molecule has 0 radical (unpaired) electrons. The van der Waals surface area contributed by atoms with Gasteiger partial charge in [0.05, 0.1) is 4.91 Å². The molecule has 0 unspecified atom stereocenters. The number of piperidine rings is 2. The fourth-order valence-electron chi connectivity index (χ4n) is 4.35. The summed E-state index contributed by atoms with van der Waals surface area (Å²) in [7, 11) is -3.61. The lowest BCUT2D eigenvalue weighted by Crippen LogP contribution is -2.46. The van der Waals surface area contributed by atoms with E-state index >= 15 is 0 Å². The molecule has 29 heavy (non-hydrogen) atoms. The van der Waals surface area contributed by atoms with Crippen molar-refractivity contribution in [1.82, 2.24) is 15.2 Å². The SMILES string of the molecule is C=C/C=C(\C=C/C)S(=O)(=O)c1ccc(CC2CCN(C3CCNCC3)CC2)cn1. The van der Waals surface area contributed by atoms with Gasteiger partial charge >= 0.3 is 0 Å². The van der Waals surface area contributed by atoms with Gasteiger partial charge in [-0.05, 0) is 94.9 Å². The molecule has 3 heterocycles. The molecule has 5 nitrogen and oxygen atoms in total. The number of aromatic nitrogens is 1. The van der Waals surface area contributed by atoms with Crippen LogP contribution in [0.15, 0.2) is 59.1 Å². The molecule has 0 aliphatic carbocycles. The summed E-state index contributed by atoms with van der Waals surface area (Å²) in [5.41, 5.74) is 1.12. The Balaban J connectivity index is 1.58. The predicted octanol–water partition coefficient (Wildman–Crippen LogP) is 3.51. The first-order valence-corrected chi connectivity index (χ1v) is 12.1. The van der Waals surface area contributed by atoms with Crippen molar-refractivity contribution in [1.29, 1.82) is 0 Å². The second-order valence-corrected chi connectivity index (χ2v) is 9.87. The minimum Gasteiger partial charge on any atom is -0.317 e. The molecular weight excluding hydrogens is 382 g/mol. The molecule has 1 aromatic rings. The van der Waals surface area contributed by atoms with E-state index in [0.29, 0.717) is 5.92 Å². The van der Waals surface area contributed by atoms with Crippen molar-refractivity contribution in [3.63, 3.8) is 0 Å². The number of hydrogen-bond acceptors (Lipinski definition) is 5. The van der Waals surface area contributed by atoms with Crippen LogP contribution in [0.2, 0.25) is 0 Å². The molecule has 3 rings (SSSR count). The third kappa shape index (κ3) is 5.65. The van der Waals surface area contributed by atoms with Crippen molar-refractivity contribution in [2.45, 2.75) is 50.1 Å². The van der Waals surface area contributed by atoms with E-state index in [-0.39, 0.29) is 9.93 Å². The quantitative estimate of drug-likeness (QED) is 0.691. The largest absolute Gasteiger partial charge is 0.317 e. The molecule has 0 atom stereocenters. The fourth-order valence-corrected chi connectivity index (χ4v) is 5.62. The summed E-state index contributed by atoms with van der Waals surface area (Å²) in [6, 6.07) is 4.30. The maximum Gasteiger partial charge on any atom is 0.223 e. The van der Waals surface area contributed by atoms with Crippen LogP contribution in [0.1, 0.15) is 38.2 Å². The van der Waals surface area contributed by atoms with Crippen LogP contribution >= 0.6 is 0 Å². The van der Waals surface area contributed by atoms with E-state index < -0.39 is 9.84 Å². The maximum absolute atomic E-state index is 12.8. The zero-order valence-corrected chi connectivity index (χ0v) is 18.2. The normalized spacial score (nSPS) is 20.9. The summed E-state index contributed by atoms with van der Waals surface area (Å²) in [6.07, 6.45) is 13.9. The van der Waals surface area contributed by atoms with Gasteiger partial charge in [0.2, 0.25) is 9.84 Å². The van der Waals surface area contributed by atoms with Gasteiger partial charge in [-0.25, -0.2) is 13.4 Å². The average Bonchev–Trinajstić information content (AvgIpc) is 2.75. The van der Waals surface area contributed by atoms with Crippen LogP contribution in [0.3, 0.4) is 0 Å². The van der Waals surface area contributed by atoms with Crippen LogP contribution < -0.4 is 5.32 Å². The third-order valence-electron chi connectivity index (χ3n) is 5.99. The Morgan fingerprint density at radius 3 is 2.55 bits per heavy atom. The van der Waals surface area contributed by atoms with Crippen molar-refractivity contribution in [3.8, 4) is 0 Å². The van der Waals surface area contributed by atoms with Crippen LogP contribution in [0, 0.1) is 5.92 Å². The highest BCUT2D eigenvalue weighted by Gasteiger charge is 2.26. The zero-order chi connectivity index (χ0) is 20.7. The molecular formula is C23H33N3O2S. The van der Waals surface area contributed by atoms with Crippen LogP contribution in [-0.2, 0) is 16.3 Å². The van der Waals surface area contributed by atoms with Gasteiger partial charge in [0.1, 0.15) is 0 Å². The third-order valence-corrected chi connectivity index (χ3v) is 7.68. The molecule has 158 valence electrons. The average molecular weight is 416 g/mol. The van der Waals surface area contributed by atoms with Crippen molar-refractivity contribution >= 4 is 9.84 Å². The van der Waals surface area contributed by atoms with Gasteiger partial charge in [-0.2, -0.15) is 0 Å². The monoisotopic (exact) mass is 415 g/mol. The topological polar surface area (TPSA) is 62.3 Å². The molecule has 2 saturated heterocycles. The van der Waals surface area contributed by atoms with Gasteiger partial charge in [-0.1, -0.05) is 24.8 Å². The highest BCUT2D eigenvalue weighted by Crippen LogP contribution is 2.26. The van der Waals surface area contributed by atoms with E-state index in [9.17, 15) is 8.42 Å². The number of nitrogens with zero attached hydrogens (tertiary/aromatic N) is 2. The van der Waals surface area contributed by atoms with Gasteiger partial charge in [0.15, 0.2) is 5.03 Å². The predicted molar refractivity (Wildman–Crippen MR) is 118 cm³/mol. The van der Waals surface area contributed by atoms with Gasteiger partial charge in [0.25, 0.3) is 0 Å². The molecule has 0 aromatic carbocycles. The Labute approximate surface area is 175 Å². The van der Waals surface area contributed by atoms with E-state index in [4.69, 9.17) is 0 Å². The van der Waals surface area contributed by atoms with E-state index in [0.717, 1.165) is 31.1 Å². The Morgan fingerprint density at radius 1 is 1.24 bits per heavy atom. The van der Waals surface area contributed by atoms with Crippen LogP contribution in [0.25, 0.3) is 0 Å². The number of sulfone groups is 1.